The number of amides is 1. The van der Waals surface area contributed by atoms with Crippen molar-refractivity contribution in [1.29, 1.82) is 0 Å². The zero-order valence-electron chi connectivity index (χ0n) is 15.8. The van der Waals surface area contributed by atoms with E-state index in [0.717, 1.165) is 0 Å². The summed E-state index contributed by atoms with van der Waals surface area (Å²) in [5.41, 5.74) is 1.02. The fourth-order valence-corrected chi connectivity index (χ4v) is 5.47. The summed E-state index contributed by atoms with van der Waals surface area (Å²) in [6.07, 6.45) is 1.12. The Balaban J connectivity index is 1.66. The lowest BCUT2D eigenvalue weighted by Crippen LogP contribution is -2.44. The molecule has 0 radical (unpaired) electrons. The van der Waals surface area contributed by atoms with Crippen LogP contribution in [-0.2, 0) is 20.6 Å². The quantitative estimate of drug-likeness (QED) is 0.666. The standard InChI is InChI=1S/C20H20Cl2N2O5S/c21-16-6-3-15(18(22)10-16)12-30(28,29)24-9-1-2-14(11-24)19(25)23-17-7-4-13(5-8-17)20(26)27/h3-8,10,14H,1-2,9,11-12H2,(H,23,25)(H,26,27)/t14-/m0/s1. The second-order valence-corrected chi connectivity index (χ2v) is 9.87. The Morgan fingerprint density at radius 2 is 1.83 bits per heavy atom. The molecule has 1 atom stereocenters. The number of sulfonamides is 1. The first kappa shape index (κ1) is 22.6. The molecule has 2 aromatic carbocycles. The summed E-state index contributed by atoms with van der Waals surface area (Å²) in [6.45, 7) is 0.414. The van der Waals surface area contributed by atoms with Crippen LogP contribution in [0.4, 0.5) is 5.69 Å². The Kier molecular flexibility index (Phi) is 7.02. The van der Waals surface area contributed by atoms with Crippen LogP contribution in [0, 0.1) is 5.92 Å². The van der Waals surface area contributed by atoms with Crippen molar-refractivity contribution in [3.05, 3.63) is 63.6 Å². The lowest BCUT2D eigenvalue weighted by molar-refractivity contribution is -0.120. The molecule has 1 amide bonds. The molecule has 0 saturated carbocycles. The molecule has 0 spiro atoms. The van der Waals surface area contributed by atoms with Gasteiger partial charge in [0.2, 0.25) is 15.9 Å². The van der Waals surface area contributed by atoms with Gasteiger partial charge in [0.15, 0.2) is 0 Å². The summed E-state index contributed by atoms with van der Waals surface area (Å²) in [6, 6.07) is 10.5. The van der Waals surface area contributed by atoms with Crippen LogP contribution in [0.2, 0.25) is 10.0 Å². The molecule has 0 unspecified atom stereocenters. The van der Waals surface area contributed by atoms with Crippen molar-refractivity contribution in [2.24, 2.45) is 5.92 Å². The predicted molar refractivity (Wildman–Crippen MR) is 115 cm³/mol. The summed E-state index contributed by atoms with van der Waals surface area (Å²) in [7, 11) is -3.67. The van der Waals surface area contributed by atoms with Gasteiger partial charge in [0.05, 0.1) is 17.2 Å². The maximum absolute atomic E-state index is 12.9. The first-order valence-electron chi connectivity index (χ1n) is 9.21. The number of hydrogen-bond donors (Lipinski definition) is 2. The number of carboxylic acids is 1. The summed E-state index contributed by atoms with van der Waals surface area (Å²) >= 11 is 12.0. The maximum atomic E-state index is 12.9. The van der Waals surface area contributed by atoms with Crippen molar-refractivity contribution in [2.45, 2.75) is 18.6 Å². The highest BCUT2D eigenvalue weighted by Crippen LogP contribution is 2.27. The topological polar surface area (TPSA) is 104 Å². The third-order valence-corrected chi connectivity index (χ3v) is 7.28. The van der Waals surface area contributed by atoms with Crippen molar-refractivity contribution in [3.63, 3.8) is 0 Å². The number of piperidine rings is 1. The number of benzene rings is 2. The summed E-state index contributed by atoms with van der Waals surface area (Å²) in [4.78, 5) is 23.5. The molecule has 0 bridgehead atoms. The first-order chi connectivity index (χ1) is 14.2. The molecular weight excluding hydrogens is 451 g/mol. The lowest BCUT2D eigenvalue weighted by atomic mass is 9.98. The van der Waals surface area contributed by atoms with Gasteiger partial charge in [-0.3, -0.25) is 4.79 Å². The predicted octanol–water partition coefficient (Wildman–Crippen LogP) is 3.87. The van der Waals surface area contributed by atoms with Crippen LogP contribution in [0.25, 0.3) is 0 Å². The highest BCUT2D eigenvalue weighted by atomic mass is 35.5. The van der Waals surface area contributed by atoms with E-state index >= 15 is 0 Å². The van der Waals surface area contributed by atoms with Crippen molar-refractivity contribution in [1.82, 2.24) is 4.31 Å². The van der Waals surface area contributed by atoms with Crippen LogP contribution in [0.3, 0.4) is 0 Å². The molecule has 1 heterocycles. The van der Waals surface area contributed by atoms with Gasteiger partial charge in [-0.05, 0) is 54.8 Å². The van der Waals surface area contributed by atoms with E-state index < -0.39 is 21.9 Å². The van der Waals surface area contributed by atoms with Gasteiger partial charge in [-0.1, -0.05) is 29.3 Å². The molecule has 0 aliphatic carbocycles. The third kappa shape index (κ3) is 5.51. The molecule has 2 N–H and O–H groups in total. The lowest BCUT2D eigenvalue weighted by Gasteiger charge is -2.31. The number of carbonyl (C=O) groups excluding carboxylic acids is 1. The van der Waals surface area contributed by atoms with Gasteiger partial charge >= 0.3 is 5.97 Å². The van der Waals surface area contributed by atoms with Crippen molar-refractivity contribution in [2.75, 3.05) is 18.4 Å². The fraction of sp³-hybridized carbons (Fsp3) is 0.300. The highest BCUT2D eigenvalue weighted by Gasteiger charge is 2.32. The highest BCUT2D eigenvalue weighted by molar-refractivity contribution is 7.88. The van der Waals surface area contributed by atoms with Crippen LogP contribution in [0.15, 0.2) is 42.5 Å². The first-order valence-corrected chi connectivity index (χ1v) is 11.6. The van der Waals surface area contributed by atoms with Crippen LogP contribution in [-0.4, -0.2) is 42.8 Å². The summed E-state index contributed by atoms with van der Waals surface area (Å²) in [5, 5.41) is 12.4. The third-order valence-electron chi connectivity index (χ3n) is 4.90. The van der Waals surface area contributed by atoms with E-state index in [4.69, 9.17) is 28.3 Å². The molecule has 7 nitrogen and oxygen atoms in total. The van der Waals surface area contributed by atoms with Crippen molar-refractivity contribution < 1.29 is 23.1 Å². The Labute approximate surface area is 184 Å². The molecule has 2 aromatic rings. The minimum Gasteiger partial charge on any atom is -0.478 e. The van der Waals surface area contributed by atoms with Crippen LogP contribution < -0.4 is 5.32 Å². The average molecular weight is 471 g/mol. The molecule has 160 valence electrons. The summed E-state index contributed by atoms with van der Waals surface area (Å²) in [5.74, 6) is -2.13. The smallest absolute Gasteiger partial charge is 0.335 e. The zero-order chi connectivity index (χ0) is 21.9. The van der Waals surface area contributed by atoms with Gasteiger partial charge in [0.25, 0.3) is 0 Å². The number of nitrogens with zero attached hydrogens (tertiary/aromatic N) is 1. The monoisotopic (exact) mass is 470 g/mol. The SMILES string of the molecule is O=C(O)c1ccc(NC(=O)[C@H]2CCCN(S(=O)(=O)Cc3ccc(Cl)cc3Cl)C2)cc1. The van der Waals surface area contributed by atoms with Gasteiger partial charge < -0.3 is 10.4 Å². The van der Waals surface area contributed by atoms with E-state index in [1.807, 2.05) is 0 Å². The Bertz CT molecular complexity index is 1060. The van der Waals surface area contributed by atoms with Gasteiger partial charge in [0, 0.05) is 28.8 Å². The number of halogens is 2. The molecule has 0 aromatic heterocycles. The largest absolute Gasteiger partial charge is 0.478 e. The second kappa shape index (κ2) is 9.34. The number of nitrogens with one attached hydrogen (secondary N) is 1. The number of rotatable bonds is 6. The molecule has 3 rings (SSSR count). The molecule has 1 saturated heterocycles. The summed E-state index contributed by atoms with van der Waals surface area (Å²) < 4.78 is 27.1. The van der Waals surface area contributed by atoms with Gasteiger partial charge in [0.1, 0.15) is 0 Å². The molecule has 1 aliphatic rings. The molecule has 1 fully saturated rings. The number of carbonyl (C=O) groups is 2. The zero-order valence-corrected chi connectivity index (χ0v) is 18.2. The van der Waals surface area contributed by atoms with E-state index in [1.165, 1.54) is 34.6 Å². The van der Waals surface area contributed by atoms with Crippen LogP contribution in [0.5, 0.6) is 0 Å². The molecule has 30 heavy (non-hydrogen) atoms. The molecule has 1 aliphatic heterocycles. The number of aromatic carboxylic acids is 1. The minimum absolute atomic E-state index is 0.0760. The van der Waals surface area contributed by atoms with E-state index in [9.17, 15) is 18.0 Å². The number of carboxylic acid groups (broad SMARTS) is 1. The number of anilines is 1. The van der Waals surface area contributed by atoms with E-state index in [2.05, 4.69) is 5.32 Å². The van der Waals surface area contributed by atoms with Crippen LogP contribution >= 0.6 is 23.2 Å². The van der Waals surface area contributed by atoms with Gasteiger partial charge in [-0.15, -0.1) is 0 Å². The Hall–Kier alpha value is -2.13. The fourth-order valence-electron chi connectivity index (χ4n) is 3.28. The van der Waals surface area contributed by atoms with Crippen molar-refractivity contribution >= 4 is 50.8 Å². The Morgan fingerprint density at radius 1 is 1.13 bits per heavy atom. The van der Waals surface area contributed by atoms with Gasteiger partial charge in [-0.2, -0.15) is 0 Å². The van der Waals surface area contributed by atoms with E-state index in [-0.39, 0.29) is 28.8 Å². The number of hydrogen-bond acceptors (Lipinski definition) is 4. The molecule has 10 heteroatoms. The van der Waals surface area contributed by atoms with Crippen LogP contribution in [0.1, 0.15) is 28.8 Å². The van der Waals surface area contributed by atoms with E-state index in [0.29, 0.717) is 35.7 Å². The Morgan fingerprint density at radius 3 is 2.47 bits per heavy atom. The van der Waals surface area contributed by atoms with Crippen molar-refractivity contribution in [3.8, 4) is 0 Å². The van der Waals surface area contributed by atoms with Gasteiger partial charge in [-0.25, -0.2) is 17.5 Å². The second-order valence-electron chi connectivity index (χ2n) is 7.06. The average Bonchev–Trinajstić information content (AvgIpc) is 2.70. The maximum Gasteiger partial charge on any atom is 0.335 e. The van der Waals surface area contributed by atoms with E-state index in [1.54, 1.807) is 12.1 Å². The molecular formula is C20H20Cl2N2O5S. The normalized spacial score (nSPS) is 17.5. The minimum atomic E-state index is -3.67.